The molecule has 1 heterocycles. The highest BCUT2D eigenvalue weighted by atomic mass is 32.1. The first-order valence-electron chi connectivity index (χ1n) is 6.29. The van der Waals surface area contributed by atoms with E-state index in [0.29, 0.717) is 11.6 Å². The molecule has 22 heavy (non-hydrogen) atoms. The van der Waals surface area contributed by atoms with E-state index in [4.69, 9.17) is 4.74 Å². The van der Waals surface area contributed by atoms with Crippen molar-refractivity contribution in [2.45, 2.75) is 13.8 Å². The molecule has 0 saturated heterocycles. The number of benzene rings is 1. The van der Waals surface area contributed by atoms with Gasteiger partial charge in [-0.2, -0.15) is 0 Å². The van der Waals surface area contributed by atoms with E-state index >= 15 is 0 Å². The molecule has 0 bridgehead atoms. The van der Waals surface area contributed by atoms with Gasteiger partial charge in [0.2, 0.25) is 0 Å². The van der Waals surface area contributed by atoms with Crippen LogP contribution in [0, 0.1) is 25.5 Å². The smallest absolute Gasteiger partial charge is 0.341 e. The van der Waals surface area contributed by atoms with E-state index in [1.54, 1.807) is 13.8 Å². The molecule has 1 aromatic heterocycles. The van der Waals surface area contributed by atoms with Crippen LogP contribution in [-0.4, -0.2) is 19.0 Å². The Morgan fingerprint density at radius 3 is 2.50 bits per heavy atom. The van der Waals surface area contributed by atoms with Crippen molar-refractivity contribution in [1.29, 1.82) is 0 Å². The molecule has 2 aromatic rings. The second-order valence-corrected chi connectivity index (χ2v) is 5.78. The summed E-state index contributed by atoms with van der Waals surface area (Å²) in [6.07, 6.45) is 0. The Morgan fingerprint density at radius 2 is 1.91 bits per heavy atom. The van der Waals surface area contributed by atoms with Crippen LogP contribution in [0.25, 0.3) is 0 Å². The molecule has 1 N–H and O–H groups in total. The van der Waals surface area contributed by atoms with Crippen LogP contribution >= 0.6 is 11.3 Å². The lowest BCUT2D eigenvalue weighted by Gasteiger charge is -2.07. The lowest BCUT2D eigenvalue weighted by molar-refractivity contribution is 0.0601. The number of rotatable bonds is 3. The summed E-state index contributed by atoms with van der Waals surface area (Å²) in [5, 5.41) is 2.75. The number of carbonyl (C=O) groups is 2. The minimum Gasteiger partial charge on any atom is -0.465 e. The predicted molar refractivity (Wildman–Crippen MR) is 79.4 cm³/mol. The summed E-state index contributed by atoms with van der Waals surface area (Å²) in [5.74, 6) is -3.09. The second-order valence-electron chi connectivity index (χ2n) is 4.56. The molecule has 4 nitrogen and oxygen atoms in total. The molecule has 0 atom stereocenters. The van der Waals surface area contributed by atoms with Crippen LogP contribution in [-0.2, 0) is 4.74 Å². The number of halogens is 2. The van der Waals surface area contributed by atoms with Crippen LogP contribution in [0.2, 0.25) is 0 Å². The van der Waals surface area contributed by atoms with E-state index in [1.807, 2.05) is 0 Å². The van der Waals surface area contributed by atoms with Gasteiger partial charge in [0, 0.05) is 10.9 Å². The van der Waals surface area contributed by atoms with Crippen LogP contribution in [0.4, 0.5) is 13.8 Å². The fraction of sp³-hybridized carbons (Fsp3) is 0.200. The number of hydrogen-bond acceptors (Lipinski definition) is 4. The van der Waals surface area contributed by atoms with E-state index < -0.39 is 23.5 Å². The number of aryl methyl sites for hydroxylation is 1. The molecule has 2 rings (SSSR count). The molecule has 0 saturated carbocycles. The van der Waals surface area contributed by atoms with Gasteiger partial charge < -0.3 is 10.1 Å². The fourth-order valence-corrected chi connectivity index (χ4v) is 2.95. The maximum Gasteiger partial charge on any atom is 0.341 e. The lowest BCUT2D eigenvalue weighted by atomic mass is 10.1. The quantitative estimate of drug-likeness (QED) is 0.876. The maximum absolute atomic E-state index is 13.6. The zero-order valence-electron chi connectivity index (χ0n) is 12.1. The van der Waals surface area contributed by atoms with Gasteiger partial charge >= 0.3 is 5.97 Å². The summed E-state index contributed by atoms with van der Waals surface area (Å²) in [4.78, 5) is 24.7. The summed E-state index contributed by atoms with van der Waals surface area (Å²) in [6.45, 7) is 3.52. The number of esters is 1. The molecule has 7 heteroatoms. The predicted octanol–water partition coefficient (Wildman–Crippen LogP) is 3.68. The number of methoxy groups -OCH3 is 1. The second kappa shape index (κ2) is 6.23. The van der Waals surface area contributed by atoms with E-state index in [9.17, 15) is 18.4 Å². The molecular weight excluding hydrogens is 312 g/mol. The fourth-order valence-electron chi connectivity index (χ4n) is 1.91. The van der Waals surface area contributed by atoms with Gasteiger partial charge in [-0.1, -0.05) is 0 Å². The van der Waals surface area contributed by atoms with Crippen LogP contribution in [0.5, 0.6) is 0 Å². The third kappa shape index (κ3) is 2.99. The van der Waals surface area contributed by atoms with Gasteiger partial charge in [0.05, 0.1) is 18.2 Å². The Kier molecular flexibility index (Phi) is 4.56. The molecule has 0 radical (unpaired) electrons. The van der Waals surface area contributed by atoms with Crippen molar-refractivity contribution in [3.05, 3.63) is 51.4 Å². The summed E-state index contributed by atoms with van der Waals surface area (Å²) in [7, 11) is 1.24. The lowest BCUT2D eigenvalue weighted by Crippen LogP contribution is -2.15. The van der Waals surface area contributed by atoms with E-state index in [1.165, 1.54) is 18.4 Å². The maximum atomic E-state index is 13.6. The van der Waals surface area contributed by atoms with Crippen LogP contribution in [0.1, 0.15) is 31.2 Å². The van der Waals surface area contributed by atoms with Crippen LogP contribution < -0.4 is 5.32 Å². The number of anilines is 1. The normalized spacial score (nSPS) is 10.4. The molecule has 0 aliphatic heterocycles. The number of ether oxygens (including phenoxy) is 1. The Hall–Kier alpha value is -2.28. The van der Waals surface area contributed by atoms with Gasteiger partial charge in [-0.25, -0.2) is 13.6 Å². The largest absolute Gasteiger partial charge is 0.465 e. The Balaban J connectivity index is 2.36. The standard InChI is InChI=1S/C15H13F2NO3S/c1-7-8(2)22-14(12(7)15(20)21-3)18-13(19)10-5-4-9(16)6-11(10)17/h4-6H,1-3H3,(H,18,19). The topological polar surface area (TPSA) is 55.4 Å². The molecule has 1 aromatic carbocycles. The Morgan fingerprint density at radius 1 is 1.23 bits per heavy atom. The summed E-state index contributed by atoms with van der Waals surface area (Å²) < 4.78 is 31.2. The zero-order chi connectivity index (χ0) is 16.4. The highest BCUT2D eigenvalue weighted by Gasteiger charge is 2.23. The summed E-state index contributed by atoms with van der Waals surface area (Å²) in [5.41, 5.74) is 0.619. The van der Waals surface area contributed by atoms with Crippen molar-refractivity contribution in [2.75, 3.05) is 12.4 Å². The minimum absolute atomic E-state index is 0.237. The van der Waals surface area contributed by atoms with Crippen molar-refractivity contribution < 1.29 is 23.1 Å². The van der Waals surface area contributed by atoms with Crippen LogP contribution in [0.15, 0.2) is 18.2 Å². The van der Waals surface area contributed by atoms with E-state index in [-0.39, 0.29) is 16.1 Å². The number of hydrogen-bond donors (Lipinski definition) is 1. The summed E-state index contributed by atoms with van der Waals surface area (Å²) >= 11 is 1.19. The number of amides is 1. The van der Waals surface area contributed by atoms with Gasteiger partial charge in [0.1, 0.15) is 16.6 Å². The average Bonchev–Trinajstić information content (AvgIpc) is 2.72. The number of thiophene rings is 1. The van der Waals surface area contributed by atoms with Crippen LogP contribution in [0.3, 0.4) is 0 Å². The van der Waals surface area contributed by atoms with Gasteiger partial charge in [0.25, 0.3) is 5.91 Å². The van der Waals surface area contributed by atoms with E-state index in [0.717, 1.165) is 17.0 Å². The molecular formula is C15H13F2NO3S. The van der Waals surface area contributed by atoms with Crippen molar-refractivity contribution in [3.63, 3.8) is 0 Å². The number of nitrogens with one attached hydrogen (secondary N) is 1. The third-order valence-corrected chi connectivity index (χ3v) is 4.30. The molecule has 0 aliphatic rings. The molecule has 1 amide bonds. The molecule has 0 aliphatic carbocycles. The molecule has 0 fully saturated rings. The van der Waals surface area contributed by atoms with Crippen molar-refractivity contribution in [3.8, 4) is 0 Å². The van der Waals surface area contributed by atoms with Gasteiger partial charge in [-0.3, -0.25) is 4.79 Å². The van der Waals surface area contributed by atoms with Gasteiger partial charge in [0.15, 0.2) is 0 Å². The third-order valence-electron chi connectivity index (χ3n) is 3.18. The zero-order valence-corrected chi connectivity index (χ0v) is 12.9. The minimum atomic E-state index is -0.970. The van der Waals surface area contributed by atoms with Gasteiger partial charge in [-0.15, -0.1) is 11.3 Å². The first-order valence-corrected chi connectivity index (χ1v) is 7.11. The first-order chi connectivity index (χ1) is 10.3. The highest BCUT2D eigenvalue weighted by molar-refractivity contribution is 7.16. The monoisotopic (exact) mass is 325 g/mol. The number of carbonyl (C=O) groups excluding carboxylic acids is 2. The Labute approximate surface area is 129 Å². The van der Waals surface area contributed by atoms with Gasteiger partial charge in [-0.05, 0) is 31.5 Å². The van der Waals surface area contributed by atoms with Crippen molar-refractivity contribution in [1.82, 2.24) is 0 Å². The molecule has 0 spiro atoms. The first kappa shape index (κ1) is 16.1. The Bertz CT molecular complexity index is 755. The summed E-state index contributed by atoms with van der Waals surface area (Å²) in [6, 6.07) is 2.66. The SMILES string of the molecule is COC(=O)c1c(NC(=O)c2ccc(F)cc2F)sc(C)c1C. The van der Waals surface area contributed by atoms with E-state index in [2.05, 4.69) is 5.32 Å². The highest BCUT2D eigenvalue weighted by Crippen LogP contribution is 2.33. The molecule has 0 unspecified atom stereocenters. The average molecular weight is 325 g/mol. The van der Waals surface area contributed by atoms with Crippen molar-refractivity contribution in [2.24, 2.45) is 0 Å². The molecule has 116 valence electrons. The van der Waals surface area contributed by atoms with Crippen molar-refractivity contribution >= 4 is 28.2 Å².